The summed E-state index contributed by atoms with van der Waals surface area (Å²) in [5.74, 6) is 0.969. The Morgan fingerprint density at radius 3 is 2.76 bits per heavy atom. The van der Waals surface area contributed by atoms with Crippen LogP contribution in [0.3, 0.4) is 0 Å². The minimum absolute atomic E-state index is 0.0815. The molecule has 0 bridgehead atoms. The summed E-state index contributed by atoms with van der Waals surface area (Å²) < 4.78 is 27.6. The van der Waals surface area contributed by atoms with E-state index in [2.05, 4.69) is 0 Å². The monoisotopic (exact) mass is 403 g/mol. The van der Waals surface area contributed by atoms with Crippen molar-refractivity contribution in [1.82, 2.24) is 4.90 Å². The molecule has 1 aliphatic carbocycles. The first-order chi connectivity index (χ1) is 14.1. The molecule has 8 nitrogen and oxygen atoms in total. The average Bonchev–Trinajstić information content (AvgIpc) is 2.76. The van der Waals surface area contributed by atoms with Gasteiger partial charge in [-0.05, 0) is 25.0 Å². The number of nitrogens with zero attached hydrogens (tertiary/aromatic N) is 1. The predicted molar refractivity (Wildman–Crippen MR) is 102 cm³/mol. The van der Waals surface area contributed by atoms with Crippen molar-refractivity contribution in [2.75, 3.05) is 33.4 Å². The van der Waals surface area contributed by atoms with Crippen LogP contribution in [0.15, 0.2) is 36.3 Å². The van der Waals surface area contributed by atoms with Gasteiger partial charge in [0.05, 0.1) is 26.2 Å². The molecule has 1 aromatic rings. The van der Waals surface area contributed by atoms with Crippen LogP contribution in [0.5, 0.6) is 11.5 Å². The fourth-order valence-corrected chi connectivity index (χ4v) is 3.87. The van der Waals surface area contributed by atoms with Crippen molar-refractivity contribution in [2.24, 2.45) is 5.92 Å². The van der Waals surface area contributed by atoms with E-state index >= 15 is 0 Å². The van der Waals surface area contributed by atoms with Gasteiger partial charge in [0, 0.05) is 25.6 Å². The number of morpholine rings is 1. The van der Waals surface area contributed by atoms with E-state index in [0.29, 0.717) is 57.1 Å². The lowest BCUT2D eigenvalue weighted by atomic mass is 9.80. The average molecular weight is 403 g/mol. The van der Waals surface area contributed by atoms with Crippen molar-refractivity contribution >= 4 is 11.9 Å². The van der Waals surface area contributed by atoms with Crippen molar-refractivity contribution in [2.45, 2.75) is 31.5 Å². The Bertz CT molecular complexity index is 787. The molecule has 2 heterocycles. The maximum atomic E-state index is 12.9. The number of ether oxygens (including phenoxy) is 5. The Hall–Kier alpha value is -2.74. The largest absolute Gasteiger partial charge is 0.497 e. The summed E-state index contributed by atoms with van der Waals surface area (Å²) in [7, 11) is 1.57. The number of amides is 1. The summed E-state index contributed by atoms with van der Waals surface area (Å²) in [5.41, 5.74) is 0. The van der Waals surface area contributed by atoms with Crippen molar-refractivity contribution in [3.8, 4) is 11.5 Å². The van der Waals surface area contributed by atoms with Crippen LogP contribution in [0.25, 0.3) is 0 Å². The lowest BCUT2D eigenvalue weighted by Gasteiger charge is -2.37. The topological polar surface area (TPSA) is 83.5 Å². The molecule has 1 aromatic carbocycles. The van der Waals surface area contributed by atoms with E-state index in [0.717, 1.165) is 0 Å². The number of carbonyl (C=O) groups excluding carboxylic acids is 2. The van der Waals surface area contributed by atoms with E-state index in [1.165, 1.54) is 6.26 Å². The second-order valence-corrected chi connectivity index (χ2v) is 7.33. The minimum atomic E-state index is -0.323. The van der Waals surface area contributed by atoms with Crippen LogP contribution in [0.2, 0.25) is 0 Å². The lowest BCUT2D eigenvalue weighted by Crippen LogP contribution is -2.46. The van der Waals surface area contributed by atoms with Crippen LogP contribution in [-0.2, 0) is 19.0 Å². The Labute approximate surface area is 169 Å². The van der Waals surface area contributed by atoms with Crippen LogP contribution in [-0.4, -0.2) is 62.4 Å². The number of carbonyl (C=O) groups is 2. The number of benzene rings is 1. The van der Waals surface area contributed by atoms with Gasteiger partial charge in [-0.15, -0.1) is 0 Å². The van der Waals surface area contributed by atoms with Gasteiger partial charge in [0.2, 0.25) is 11.5 Å². The van der Waals surface area contributed by atoms with Gasteiger partial charge in [0.25, 0.3) is 0 Å². The quantitative estimate of drug-likeness (QED) is 0.764. The highest BCUT2D eigenvalue weighted by Crippen LogP contribution is 2.35. The molecule has 2 fully saturated rings. The number of hydrogen-bond donors (Lipinski definition) is 0. The molecule has 1 amide bonds. The third-order valence-corrected chi connectivity index (χ3v) is 5.48. The van der Waals surface area contributed by atoms with E-state index in [4.69, 9.17) is 23.7 Å². The maximum Gasteiger partial charge on any atom is 0.410 e. The lowest BCUT2D eigenvalue weighted by molar-refractivity contribution is -0.132. The van der Waals surface area contributed by atoms with Crippen LogP contribution < -0.4 is 9.47 Å². The van der Waals surface area contributed by atoms with Gasteiger partial charge in [0.15, 0.2) is 0 Å². The number of ketones is 1. The van der Waals surface area contributed by atoms with Crippen molar-refractivity contribution in [3.63, 3.8) is 0 Å². The summed E-state index contributed by atoms with van der Waals surface area (Å²) in [5, 5.41) is 0. The number of rotatable bonds is 4. The van der Waals surface area contributed by atoms with Gasteiger partial charge in [-0.2, -0.15) is 0 Å². The van der Waals surface area contributed by atoms with Gasteiger partial charge in [-0.1, -0.05) is 6.07 Å². The van der Waals surface area contributed by atoms with E-state index in [-0.39, 0.29) is 35.8 Å². The Balaban J connectivity index is 1.35. The number of hydrogen-bond acceptors (Lipinski definition) is 7. The van der Waals surface area contributed by atoms with Gasteiger partial charge >= 0.3 is 6.09 Å². The van der Waals surface area contributed by atoms with E-state index in [9.17, 15) is 9.59 Å². The number of allylic oxidation sites excluding steroid dienone is 1. The van der Waals surface area contributed by atoms with E-state index in [1.807, 2.05) is 0 Å². The highest BCUT2D eigenvalue weighted by atomic mass is 16.6. The Morgan fingerprint density at radius 2 is 1.97 bits per heavy atom. The van der Waals surface area contributed by atoms with Crippen LogP contribution in [0.4, 0.5) is 4.79 Å². The normalized spacial score (nSPS) is 26.7. The zero-order valence-electron chi connectivity index (χ0n) is 16.4. The smallest absolute Gasteiger partial charge is 0.410 e. The fraction of sp³-hybridized carbons (Fsp3) is 0.524. The standard InChI is InChI=1S/C21H25NO7/c1-25-14-3-2-4-15(11-14)28-19-13-27-18-12-16(5-6-17(18)20(19)23)29-21(24)22-7-9-26-10-8-22/h2-4,11,13,16-18H,5-10,12H2,1H3. The third kappa shape index (κ3) is 4.48. The first-order valence-corrected chi connectivity index (χ1v) is 9.89. The van der Waals surface area contributed by atoms with Gasteiger partial charge in [-0.25, -0.2) is 4.79 Å². The first kappa shape index (κ1) is 19.6. The van der Waals surface area contributed by atoms with Gasteiger partial charge < -0.3 is 28.6 Å². The molecule has 29 heavy (non-hydrogen) atoms. The summed E-state index contributed by atoms with van der Waals surface area (Å²) in [6.45, 7) is 2.15. The van der Waals surface area contributed by atoms with Crippen LogP contribution in [0, 0.1) is 5.92 Å². The SMILES string of the molecule is COc1cccc(OC2=COC3CC(OC(=O)N4CCOCC4)CCC3C2=O)c1. The van der Waals surface area contributed by atoms with Crippen molar-refractivity contribution in [1.29, 1.82) is 0 Å². The summed E-state index contributed by atoms with van der Waals surface area (Å²) >= 11 is 0. The maximum absolute atomic E-state index is 12.9. The van der Waals surface area contributed by atoms with Crippen molar-refractivity contribution in [3.05, 3.63) is 36.3 Å². The fourth-order valence-electron chi connectivity index (χ4n) is 3.87. The molecule has 2 aliphatic heterocycles. The first-order valence-electron chi connectivity index (χ1n) is 9.89. The van der Waals surface area contributed by atoms with Crippen LogP contribution >= 0.6 is 0 Å². The molecule has 156 valence electrons. The third-order valence-electron chi connectivity index (χ3n) is 5.48. The molecule has 0 N–H and O–H groups in total. The van der Waals surface area contributed by atoms with Gasteiger partial charge in [-0.3, -0.25) is 4.79 Å². The summed E-state index contributed by atoms with van der Waals surface area (Å²) in [4.78, 5) is 26.8. The zero-order chi connectivity index (χ0) is 20.2. The molecule has 0 spiro atoms. The molecule has 3 atom stereocenters. The minimum Gasteiger partial charge on any atom is -0.497 e. The molecule has 1 saturated carbocycles. The molecular formula is C21H25NO7. The highest BCUT2D eigenvalue weighted by molar-refractivity contribution is 5.96. The molecule has 3 unspecified atom stereocenters. The van der Waals surface area contributed by atoms with Crippen LogP contribution in [0.1, 0.15) is 19.3 Å². The number of fused-ring (bicyclic) bond motifs is 1. The van der Waals surface area contributed by atoms with Gasteiger partial charge in [0.1, 0.15) is 30.0 Å². The molecule has 0 radical (unpaired) electrons. The highest BCUT2D eigenvalue weighted by Gasteiger charge is 2.42. The summed E-state index contributed by atoms with van der Waals surface area (Å²) in [6.07, 6.45) is 2.19. The Morgan fingerprint density at radius 1 is 1.17 bits per heavy atom. The molecular weight excluding hydrogens is 378 g/mol. The zero-order valence-corrected chi connectivity index (χ0v) is 16.4. The summed E-state index contributed by atoms with van der Waals surface area (Å²) in [6, 6.07) is 7.06. The molecule has 0 aromatic heterocycles. The number of Topliss-reactive ketones (excluding diaryl/α,β-unsaturated/α-hetero) is 1. The number of methoxy groups -OCH3 is 1. The Kier molecular flexibility index (Phi) is 5.89. The van der Waals surface area contributed by atoms with E-state index < -0.39 is 0 Å². The molecule has 1 saturated heterocycles. The molecule has 4 rings (SSSR count). The molecule has 3 aliphatic rings. The predicted octanol–water partition coefficient (Wildman–Crippen LogP) is 2.52. The van der Waals surface area contributed by atoms with E-state index in [1.54, 1.807) is 36.3 Å². The van der Waals surface area contributed by atoms with Crippen molar-refractivity contribution < 1.29 is 33.3 Å². The second kappa shape index (κ2) is 8.73. The second-order valence-electron chi connectivity index (χ2n) is 7.33. The molecule has 8 heteroatoms.